The van der Waals surface area contributed by atoms with Crippen LogP contribution in [0.15, 0.2) is 59.2 Å². The number of nitriles is 1. The first-order chi connectivity index (χ1) is 13.7. The van der Waals surface area contributed by atoms with Crippen molar-refractivity contribution >= 4 is 12.0 Å². The second kappa shape index (κ2) is 7.60. The summed E-state index contributed by atoms with van der Waals surface area (Å²) in [6, 6.07) is 14.5. The van der Waals surface area contributed by atoms with E-state index >= 15 is 0 Å². The SMILES string of the molecule is C=C1C[C@@](C)(/C(C)=C/c2cccc(-c3ccc(C#N)c(C)c3)c2C)N=C(N)N1C. The van der Waals surface area contributed by atoms with Crippen LogP contribution < -0.4 is 5.73 Å². The summed E-state index contributed by atoms with van der Waals surface area (Å²) >= 11 is 0. The summed E-state index contributed by atoms with van der Waals surface area (Å²) < 4.78 is 0. The maximum atomic E-state index is 9.19. The molecule has 0 saturated carbocycles. The third-order valence-corrected chi connectivity index (χ3v) is 5.98. The Kier molecular flexibility index (Phi) is 5.35. The van der Waals surface area contributed by atoms with Gasteiger partial charge in [-0.1, -0.05) is 43.0 Å². The van der Waals surface area contributed by atoms with Gasteiger partial charge >= 0.3 is 0 Å². The molecule has 29 heavy (non-hydrogen) atoms. The predicted octanol–water partition coefficient (Wildman–Crippen LogP) is 5.17. The number of aryl methyl sites for hydroxylation is 1. The minimum Gasteiger partial charge on any atom is -0.370 e. The molecular formula is C25H28N4. The minimum atomic E-state index is -0.402. The molecule has 0 amide bonds. The first-order valence-corrected chi connectivity index (χ1v) is 9.72. The Morgan fingerprint density at radius 3 is 2.66 bits per heavy atom. The third kappa shape index (κ3) is 3.82. The normalized spacial score (nSPS) is 19.7. The Hall–Kier alpha value is -3.32. The summed E-state index contributed by atoms with van der Waals surface area (Å²) in [6.45, 7) is 12.5. The molecule has 3 rings (SSSR count). The number of nitrogens with two attached hydrogens (primary N) is 1. The van der Waals surface area contributed by atoms with Crippen LogP contribution in [0.5, 0.6) is 0 Å². The second-order valence-electron chi connectivity index (χ2n) is 8.03. The molecule has 1 aliphatic heterocycles. The average molecular weight is 385 g/mol. The molecule has 0 radical (unpaired) electrons. The quantitative estimate of drug-likeness (QED) is 0.794. The van der Waals surface area contributed by atoms with Crippen molar-refractivity contribution in [2.45, 2.75) is 39.7 Å². The summed E-state index contributed by atoms with van der Waals surface area (Å²) in [4.78, 5) is 6.58. The van der Waals surface area contributed by atoms with E-state index in [-0.39, 0.29) is 0 Å². The summed E-state index contributed by atoms with van der Waals surface area (Å²) in [5, 5.41) is 9.19. The zero-order valence-electron chi connectivity index (χ0n) is 17.9. The van der Waals surface area contributed by atoms with Crippen LogP contribution in [-0.4, -0.2) is 23.4 Å². The maximum Gasteiger partial charge on any atom is 0.196 e. The van der Waals surface area contributed by atoms with Crippen LogP contribution in [0, 0.1) is 25.2 Å². The van der Waals surface area contributed by atoms with Gasteiger partial charge in [-0.2, -0.15) is 5.26 Å². The van der Waals surface area contributed by atoms with E-state index in [1.807, 2.05) is 31.0 Å². The average Bonchev–Trinajstić information content (AvgIpc) is 2.67. The summed E-state index contributed by atoms with van der Waals surface area (Å²) in [5.74, 6) is 0.495. The van der Waals surface area contributed by atoms with E-state index in [9.17, 15) is 5.26 Å². The van der Waals surface area contributed by atoms with Gasteiger partial charge in [-0.05, 0) is 67.2 Å². The zero-order valence-corrected chi connectivity index (χ0v) is 17.9. The van der Waals surface area contributed by atoms with Gasteiger partial charge in [-0.25, -0.2) is 4.99 Å². The van der Waals surface area contributed by atoms with Gasteiger partial charge in [0.25, 0.3) is 0 Å². The molecular weight excluding hydrogens is 356 g/mol. The summed E-state index contributed by atoms with van der Waals surface area (Å²) in [5.41, 5.74) is 14.2. The fourth-order valence-corrected chi connectivity index (χ4v) is 3.74. The van der Waals surface area contributed by atoms with Crippen molar-refractivity contribution in [3.8, 4) is 17.2 Å². The fraction of sp³-hybridized carbons (Fsp3) is 0.280. The molecule has 4 heteroatoms. The highest BCUT2D eigenvalue weighted by Gasteiger charge is 2.32. The van der Waals surface area contributed by atoms with Gasteiger partial charge in [0.15, 0.2) is 5.96 Å². The third-order valence-electron chi connectivity index (χ3n) is 5.98. The van der Waals surface area contributed by atoms with E-state index in [0.717, 1.165) is 34.4 Å². The van der Waals surface area contributed by atoms with Crippen LogP contribution in [-0.2, 0) is 0 Å². The van der Waals surface area contributed by atoms with Gasteiger partial charge in [0.2, 0.25) is 0 Å². The van der Waals surface area contributed by atoms with E-state index in [1.54, 1.807) is 0 Å². The summed E-state index contributed by atoms with van der Waals surface area (Å²) in [6.07, 6.45) is 2.94. The summed E-state index contributed by atoms with van der Waals surface area (Å²) in [7, 11) is 1.90. The largest absolute Gasteiger partial charge is 0.370 e. The Morgan fingerprint density at radius 2 is 2.03 bits per heavy atom. The monoisotopic (exact) mass is 384 g/mol. The number of rotatable bonds is 3. The molecule has 0 aromatic heterocycles. The van der Waals surface area contributed by atoms with Crippen LogP contribution in [0.4, 0.5) is 0 Å². The molecule has 0 aliphatic carbocycles. The van der Waals surface area contributed by atoms with Crippen molar-refractivity contribution in [1.29, 1.82) is 5.26 Å². The van der Waals surface area contributed by atoms with Gasteiger partial charge in [0, 0.05) is 19.2 Å². The highest BCUT2D eigenvalue weighted by Crippen LogP contribution is 2.35. The number of guanidine groups is 1. The van der Waals surface area contributed by atoms with Crippen molar-refractivity contribution < 1.29 is 0 Å². The van der Waals surface area contributed by atoms with E-state index in [1.165, 1.54) is 11.1 Å². The van der Waals surface area contributed by atoms with Crippen LogP contribution in [0.1, 0.15) is 42.5 Å². The van der Waals surface area contributed by atoms with Crippen LogP contribution >= 0.6 is 0 Å². The van der Waals surface area contributed by atoms with Crippen molar-refractivity contribution in [2.24, 2.45) is 10.7 Å². The molecule has 1 atom stereocenters. The standard InChI is InChI=1S/C25H28N4/c1-16-12-21(10-11-22(16)15-26)23-9-7-8-20(19(23)4)13-17(2)25(5)14-18(3)29(6)24(27)28-25/h7-13H,3,14H2,1-2,4-6H3,(H2,27,28)/b17-13+/t25-/m0/s1. The van der Waals surface area contributed by atoms with Crippen LogP contribution in [0.25, 0.3) is 17.2 Å². The van der Waals surface area contributed by atoms with Crippen LogP contribution in [0.3, 0.4) is 0 Å². The van der Waals surface area contributed by atoms with Crippen molar-refractivity contribution in [3.05, 3.63) is 76.5 Å². The lowest BCUT2D eigenvalue weighted by Crippen LogP contribution is -2.43. The lowest BCUT2D eigenvalue weighted by molar-refractivity contribution is 0.437. The predicted molar refractivity (Wildman–Crippen MR) is 121 cm³/mol. The first kappa shape index (κ1) is 20.4. The number of benzene rings is 2. The topological polar surface area (TPSA) is 65.4 Å². The van der Waals surface area contributed by atoms with Gasteiger partial charge < -0.3 is 10.6 Å². The molecule has 2 N–H and O–H groups in total. The molecule has 1 aliphatic rings. The highest BCUT2D eigenvalue weighted by atomic mass is 15.3. The molecule has 148 valence electrons. The highest BCUT2D eigenvalue weighted by molar-refractivity contribution is 5.82. The molecule has 0 bridgehead atoms. The maximum absolute atomic E-state index is 9.19. The molecule has 0 saturated heterocycles. The lowest BCUT2D eigenvalue weighted by atomic mass is 9.85. The van der Waals surface area contributed by atoms with Crippen molar-refractivity contribution in [2.75, 3.05) is 7.05 Å². The van der Waals surface area contributed by atoms with Gasteiger partial charge in [-0.15, -0.1) is 0 Å². The first-order valence-electron chi connectivity index (χ1n) is 9.72. The Morgan fingerprint density at radius 1 is 1.31 bits per heavy atom. The fourth-order valence-electron chi connectivity index (χ4n) is 3.74. The Bertz CT molecular complexity index is 1080. The van der Waals surface area contributed by atoms with Gasteiger partial charge in [-0.3, -0.25) is 0 Å². The minimum absolute atomic E-state index is 0.402. The lowest BCUT2D eigenvalue weighted by Gasteiger charge is -2.37. The van der Waals surface area contributed by atoms with Crippen molar-refractivity contribution in [3.63, 3.8) is 0 Å². The van der Waals surface area contributed by atoms with Gasteiger partial charge in [0.1, 0.15) is 0 Å². The molecule has 2 aromatic carbocycles. The van der Waals surface area contributed by atoms with Gasteiger partial charge in [0.05, 0.1) is 17.2 Å². The molecule has 0 spiro atoms. The molecule has 0 fully saturated rings. The molecule has 4 nitrogen and oxygen atoms in total. The molecule has 0 unspecified atom stereocenters. The van der Waals surface area contributed by atoms with Crippen LogP contribution in [0.2, 0.25) is 0 Å². The van der Waals surface area contributed by atoms with E-state index in [4.69, 9.17) is 10.7 Å². The Balaban J connectivity index is 2.03. The Labute approximate surface area is 173 Å². The second-order valence-corrected chi connectivity index (χ2v) is 8.03. The zero-order chi connectivity index (χ0) is 21.3. The number of hydrogen-bond acceptors (Lipinski definition) is 4. The van der Waals surface area contributed by atoms with E-state index in [0.29, 0.717) is 11.5 Å². The van der Waals surface area contributed by atoms with E-state index in [2.05, 4.69) is 63.8 Å². The number of hydrogen-bond donors (Lipinski definition) is 1. The molecule has 2 aromatic rings. The number of aliphatic imine (C=N–C) groups is 1. The smallest absolute Gasteiger partial charge is 0.196 e. The van der Waals surface area contributed by atoms with E-state index < -0.39 is 5.54 Å². The van der Waals surface area contributed by atoms with Crippen molar-refractivity contribution in [1.82, 2.24) is 4.90 Å². The number of nitrogens with zero attached hydrogens (tertiary/aromatic N) is 3. The molecule has 1 heterocycles.